The van der Waals surface area contributed by atoms with Crippen LogP contribution in [0.3, 0.4) is 0 Å². The molecule has 13 heavy (non-hydrogen) atoms. The minimum absolute atomic E-state index is 0.692. The lowest BCUT2D eigenvalue weighted by molar-refractivity contribution is 0.593. The van der Waals surface area contributed by atoms with Gasteiger partial charge in [-0.2, -0.15) is 5.10 Å². The Morgan fingerprint density at radius 1 is 1.54 bits per heavy atom. The summed E-state index contributed by atoms with van der Waals surface area (Å²) in [4.78, 5) is 0. The third-order valence-electron chi connectivity index (χ3n) is 2.00. The Balaban J connectivity index is 2.71. The van der Waals surface area contributed by atoms with Crippen molar-refractivity contribution in [2.24, 2.45) is 13.0 Å². The van der Waals surface area contributed by atoms with E-state index in [1.807, 2.05) is 18.8 Å². The summed E-state index contributed by atoms with van der Waals surface area (Å²) in [5.41, 5.74) is 2.45. The van der Waals surface area contributed by atoms with Gasteiger partial charge < -0.3 is 5.32 Å². The van der Waals surface area contributed by atoms with Crippen molar-refractivity contribution < 1.29 is 0 Å². The average molecular weight is 181 g/mol. The van der Waals surface area contributed by atoms with Crippen molar-refractivity contribution in [1.82, 2.24) is 15.1 Å². The zero-order valence-corrected chi connectivity index (χ0v) is 8.96. The Hall–Kier alpha value is -0.830. The van der Waals surface area contributed by atoms with E-state index in [0.29, 0.717) is 5.92 Å². The van der Waals surface area contributed by atoms with Gasteiger partial charge in [0.05, 0.1) is 5.69 Å². The molecule has 0 saturated heterocycles. The summed E-state index contributed by atoms with van der Waals surface area (Å²) in [6.45, 7) is 5.31. The van der Waals surface area contributed by atoms with Gasteiger partial charge in [0.15, 0.2) is 0 Å². The van der Waals surface area contributed by atoms with Crippen molar-refractivity contribution in [2.45, 2.75) is 26.8 Å². The average Bonchev–Trinajstić information content (AvgIpc) is 2.31. The van der Waals surface area contributed by atoms with E-state index in [-0.39, 0.29) is 0 Å². The first kappa shape index (κ1) is 10.3. The number of aromatic nitrogens is 2. The molecule has 0 aliphatic carbocycles. The van der Waals surface area contributed by atoms with Gasteiger partial charge in [0.25, 0.3) is 0 Å². The van der Waals surface area contributed by atoms with Crippen LogP contribution in [0.4, 0.5) is 0 Å². The van der Waals surface area contributed by atoms with E-state index in [0.717, 1.165) is 18.7 Å². The van der Waals surface area contributed by atoms with Crippen LogP contribution in [0, 0.1) is 5.92 Å². The minimum atomic E-state index is 0.692. The van der Waals surface area contributed by atoms with Gasteiger partial charge in [-0.25, -0.2) is 0 Å². The molecule has 0 unspecified atom stereocenters. The molecular weight excluding hydrogens is 162 g/mol. The molecule has 1 aromatic rings. The highest BCUT2D eigenvalue weighted by Gasteiger charge is 2.05. The lowest BCUT2D eigenvalue weighted by Gasteiger charge is -2.03. The molecule has 0 aliphatic heterocycles. The van der Waals surface area contributed by atoms with Crippen LogP contribution in [0.2, 0.25) is 0 Å². The molecule has 3 nitrogen and oxygen atoms in total. The van der Waals surface area contributed by atoms with E-state index < -0.39 is 0 Å². The molecule has 0 atom stereocenters. The Bertz CT molecular complexity index is 263. The van der Waals surface area contributed by atoms with E-state index in [9.17, 15) is 0 Å². The molecule has 0 bridgehead atoms. The zero-order chi connectivity index (χ0) is 9.84. The fourth-order valence-electron chi connectivity index (χ4n) is 1.45. The van der Waals surface area contributed by atoms with E-state index in [2.05, 4.69) is 30.3 Å². The second-order valence-electron chi connectivity index (χ2n) is 3.88. The number of hydrogen-bond acceptors (Lipinski definition) is 2. The predicted molar refractivity (Wildman–Crippen MR) is 54.5 cm³/mol. The van der Waals surface area contributed by atoms with Crippen molar-refractivity contribution >= 4 is 0 Å². The molecule has 3 heteroatoms. The first-order valence-corrected chi connectivity index (χ1v) is 4.80. The zero-order valence-electron chi connectivity index (χ0n) is 8.96. The van der Waals surface area contributed by atoms with Gasteiger partial charge in [0, 0.05) is 19.3 Å². The molecule has 0 saturated carbocycles. The molecule has 0 aliphatic rings. The molecule has 0 amide bonds. The third kappa shape index (κ3) is 2.84. The highest BCUT2D eigenvalue weighted by molar-refractivity contribution is 5.10. The van der Waals surface area contributed by atoms with Crippen LogP contribution in [0.25, 0.3) is 0 Å². The van der Waals surface area contributed by atoms with Gasteiger partial charge in [-0.3, -0.25) is 4.68 Å². The van der Waals surface area contributed by atoms with Crippen LogP contribution in [-0.2, 0) is 20.0 Å². The van der Waals surface area contributed by atoms with Gasteiger partial charge in [0.1, 0.15) is 0 Å². The molecule has 1 rings (SSSR count). The molecule has 0 spiro atoms. The first-order chi connectivity index (χ1) is 6.13. The Labute approximate surface area is 80.1 Å². The monoisotopic (exact) mass is 181 g/mol. The second-order valence-corrected chi connectivity index (χ2v) is 3.88. The Morgan fingerprint density at radius 3 is 2.77 bits per heavy atom. The molecule has 0 fully saturated rings. The minimum Gasteiger partial charge on any atom is -0.314 e. The summed E-state index contributed by atoms with van der Waals surface area (Å²) in [7, 11) is 3.95. The SMILES string of the molecule is CNCc1cc(CC(C)C)n(C)n1. The van der Waals surface area contributed by atoms with Crippen LogP contribution >= 0.6 is 0 Å². The highest BCUT2D eigenvalue weighted by atomic mass is 15.3. The smallest absolute Gasteiger partial charge is 0.0765 e. The number of nitrogens with zero attached hydrogens (tertiary/aromatic N) is 2. The lowest BCUT2D eigenvalue weighted by atomic mass is 10.1. The van der Waals surface area contributed by atoms with Gasteiger partial charge >= 0.3 is 0 Å². The van der Waals surface area contributed by atoms with Gasteiger partial charge in [0.2, 0.25) is 0 Å². The van der Waals surface area contributed by atoms with E-state index >= 15 is 0 Å². The standard InChI is InChI=1S/C10H19N3/c1-8(2)5-10-6-9(7-11-3)12-13(10)4/h6,8,11H,5,7H2,1-4H3. The molecule has 1 heterocycles. The van der Waals surface area contributed by atoms with Gasteiger partial charge in [-0.1, -0.05) is 13.8 Å². The van der Waals surface area contributed by atoms with Gasteiger partial charge in [-0.15, -0.1) is 0 Å². The number of nitrogens with one attached hydrogen (secondary N) is 1. The maximum atomic E-state index is 4.41. The van der Waals surface area contributed by atoms with E-state index in [1.165, 1.54) is 5.69 Å². The molecule has 0 aromatic carbocycles. The number of hydrogen-bond donors (Lipinski definition) is 1. The van der Waals surface area contributed by atoms with Crippen LogP contribution < -0.4 is 5.32 Å². The van der Waals surface area contributed by atoms with Crippen molar-refractivity contribution in [3.8, 4) is 0 Å². The molecule has 1 N–H and O–H groups in total. The summed E-state index contributed by atoms with van der Waals surface area (Å²) < 4.78 is 1.98. The third-order valence-corrected chi connectivity index (χ3v) is 2.00. The quantitative estimate of drug-likeness (QED) is 0.759. The molecule has 74 valence electrons. The van der Waals surface area contributed by atoms with Crippen molar-refractivity contribution in [2.75, 3.05) is 7.05 Å². The van der Waals surface area contributed by atoms with Gasteiger partial charge in [-0.05, 0) is 25.5 Å². The molecular formula is C10H19N3. The fourth-order valence-corrected chi connectivity index (χ4v) is 1.45. The lowest BCUT2D eigenvalue weighted by Crippen LogP contribution is -2.06. The van der Waals surface area contributed by atoms with E-state index in [4.69, 9.17) is 0 Å². The van der Waals surface area contributed by atoms with Crippen LogP contribution in [-0.4, -0.2) is 16.8 Å². The largest absolute Gasteiger partial charge is 0.314 e. The maximum absolute atomic E-state index is 4.41. The van der Waals surface area contributed by atoms with Crippen LogP contribution in [0.5, 0.6) is 0 Å². The Morgan fingerprint density at radius 2 is 2.23 bits per heavy atom. The second kappa shape index (κ2) is 4.42. The summed E-state index contributed by atoms with van der Waals surface area (Å²) in [5, 5.41) is 7.51. The van der Waals surface area contributed by atoms with E-state index in [1.54, 1.807) is 0 Å². The normalized spacial score (nSPS) is 11.2. The number of aryl methyl sites for hydroxylation is 1. The maximum Gasteiger partial charge on any atom is 0.0765 e. The first-order valence-electron chi connectivity index (χ1n) is 4.80. The summed E-state index contributed by atoms with van der Waals surface area (Å²) in [6.07, 6.45) is 1.10. The summed E-state index contributed by atoms with van der Waals surface area (Å²) in [5.74, 6) is 0.692. The van der Waals surface area contributed by atoms with Crippen LogP contribution in [0.15, 0.2) is 6.07 Å². The number of rotatable bonds is 4. The van der Waals surface area contributed by atoms with Crippen molar-refractivity contribution in [3.05, 3.63) is 17.5 Å². The molecule has 1 aromatic heterocycles. The Kier molecular flexibility index (Phi) is 3.48. The van der Waals surface area contributed by atoms with Crippen LogP contribution in [0.1, 0.15) is 25.2 Å². The highest BCUT2D eigenvalue weighted by Crippen LogP contribution is 2.08. The summed E-state index contributed by atoms with van der Waals surface area (Å²) in [6, 6.07) is 2.18. The predicted octanol–water partition coefficient (Wildman–Crippen LogP) is 1.34. The fraction of sp³-hybridized carbons (Fsp3) is 0.700. The topological polar surface area (TPSA) is 29.9 Å². The van der Waals surface area contributed by atoms with Crippen molar-refractivity contribution in [3.63, 3.8) is 0 Å². The summed E-state index contributed by atoms with van der Waals surface area (Å²) >= 11 is 0. The van der Waals surface area contributed by atoms with Crippen molar-refractivity contribution in [1.29, 1.82) is 0 Å². The molecule has 0 radical (unpaired) electrons.